The minimum absolute atomic E-state index is 0.126. The fraction of sp³-hybridized carbons (Fsp3) is 0.276. The summed E-state index contributed by atoms with van der Waals surface area (Å²) in [5, 5.41) is 0. The van der Waals surface area contributed by atoms with Crippen molar-refractivity contribution in [2.75, 3.05) is 27.2 Å². The molecule has 5 rings (SSSR count). The third kappa shape index (κ3) is 4.56. The molecule has 2 heterocycles. The normalized spacial score (nSPS) is 13.2. The van der Waals surface area contributed by atoms with E-state index in [0.717, 1.165) is 31.1 Å². The Morgan fingerprint density at radius 1 is 0.882 bits per heavy atom. The van der Waals surface area contributed by atoms with Gasteiger partial charge in [0.05, 0.1) is 17.4 Å². The van der Waals surface area contributed by atoms with Gasteiger partial charge in [-0.2, -0.15) is 0 Å². The average molecular weight is 470 g/mol. The average Bonchev–Trinajstić information content (AvgIpc) is 3.17. The van der Waals surface area contributed by atoms with Crippen molar-refractivity contribution in [3.05, 3.63) is 90.3 Å². The van der Waals surface area contributed by atoms with Gasteiger partial charge in [-0.15, -0.1) is 0 Å². The molecule has 5 heteroatoms. The second kappa shape index (κ2) is 10.2. The van der Waals surface area contributed by atoms with Crippen molar-refractivity contribution < 1.29 is 4.74 Å². The molecule has 1 aliphatic heterocycles. The van der Waals surface area contributed by atoms with Gasteiger partial charge in [0.2, 0.25) is 0 Å². The molecular formula is C29H31N3OS. The maximum atomic E-state index is 6.17. The first-order chi connectivity index (χ1) is 16.6. The number of aromatic nitrogens is 2. The van der Waals surface area contributed by atoms with E-state index in [1.807, 2.05) is 11.8 Å². The second-order valence-electron chi connectivity index (χ2n) is 8.99. The monoisotopic (exact) mass is 469 g/mol. The van der Waals surface area contributed by atoms with Crippen molar-refractivity contribution >= 4 is 11.8 Å². The summed E-state index contributed by atoms with van der Waals surface area (Å²) in [6, 6.07) is 28.1. The summed E-state index contributed by atoms with van der Waals surface area (Å²) >= 11 is 1.82. The molecule has 1 unspecified atom stereocenters. The van der Waals surface area contributed by atoms with E-state index in [2.05, 4.69) is 109 Å². The molecule has 4 nitrogen and oxygen atoms in total. The third-order valence-corrected chi connectivity index (χ3v) is 7.43. The predicted molar refractivity (Wildman–Crippen MR) is 140 cm³/mol. The molecule has 1 atom stereocenters. The lowest BCUT2D eigenvalue weighted by Crippen LogP contribution is -2.16. The summed E-state index contributed by atoms with van der Waals surface area (Å²) in [5.74, 6) is 0.975. The number of hydrogen-bond acceptors (Lipinski definition) is 4. The highest BCUT2D eigenvalue weighted by molar-refractivity contribution is 7.99. The number of benzene rings is 3. The standard InChI is InChI=1S/C29H31N3OS/c1-21(22-12-5-4-6-13-22)32-27(20-33-19-11-18-31(2)3)30-28-23-14-7-9-16-25(23)34-26-17-10-8-15-24(26)29(28)32/h4-10,12-17,21H,11,18-20H2,1-3H3. The van der Waals surface area contributed by atoms with Crippen LogP contribution in [0.1, 0.15) is 30.8 Å². The van der Waals surface area contributed by atoms with Gasteiger partial charge in [0.25, 0.3) is 0 Å². The number of nitrogens with zero attached hydrogens (tertiary/aromatic N) is 3. The van der Waals surface area contributed by atoms with Crippen molar-refractivity contribution in [3.8, 4) is 22.5 Å². The molecule has 0 saturated carbocycles. The second-order valence-corrected chi connectivity index (χ2v) is 10.1. The van der Waals surface area contributed by atoms with E-state index in [1.54, 1.807) is 0 Å². The first-order valence-corrected chi connectivity index (χ1v) is 12.7. The van der Waals surface area contributed by atoms with Crippen LogP contribution in [0, 0.1) is 0 Å². The van der Waals surface area contributed by atoms with Crippen LogP contribution in [0.25, 0.3) is 22.5 Å². The van der Waals surface area contributed by atoms with E-state index < -0.39 is 0 Å². The van der Waals surface area contributed by atoms with Gasteiger partial charge in [0, 0.05) is 27.5 Å². The topological polar surface area (TPSA) is 30.3 Å². The molecule has 0 aliphatic carbocycles. The van der Waals surface area contributed by atoms with Crippen LogP contribution in [0.2, 0.25) is 0 Å². The lowest BCUT2D eigenvalue weighted by Gasteiger charge is -2.21. The minimum atomic E-state index is 0.126. The zero-order chi connectivity index (χ0) is 23.5. The van der Waals surface area contributed by atoms with E-state index in [9.17, 15) is 0 Å². The van der Waals surface area contributed by atoms with Crippen LogP contribution in [0.3, 0.4) is 0 Å². The molecule has 0 radical (unpaired) electrons. The maximum absolute atomic E-state index is 6.17. The van der Waals surface area contributed by atoms with Crippen LogP contribution in [0.4, 0.5) is 0 Å². The SMILES string of the molecule is CC(c1ccccc1)n1c(COCCCN(C)C)nc2c1-c1ccccc1Sc1ccccc1-2. The Morgan fingerprint density at radius 2 is 1.53 bits per heavy atom. The van der Waals surface area contributed by atoms with Crippen LogP contribution in [-0.4, -0.2) is 41.7 Å². The van der Waals surface area contributed by atoms with Crippen molar-refractivity contribution in [1.82, 2.24) is 14.5 Å². The lowest BCUT2D eigenvalue weighted by molar-refractivity contribution is 0.105. The van der Waals surface area contributed by atoms with Crippen LogP contribution < -0.4 is 0 Å². The van der Waals surface area contributed by atoms with E-state index in [-0.39, 0.29) is 6.04 Å². The Hall–Kier alpha value is -2.86. The van der Waals surface area contributed by atoms with Crippen LogP contribution in [-0.2, 0) is 11.3 Å². The highest BCUT2D eigenvalue weighted by atomic mass is 32.2. The fourth-order valence-corrected chi connectivity index (χ4v) is 5.67. The zero-order valence-electron chi connectivity index (χ0n) is 20.1. The number of fused-ring (bicyclic) bond motifs is 5. The molecule has 0 bridgehead atoms. The number of ether oxygens (including phenoxy) is 1. The van der Waals surface area contributed by atoms with Crippen LogP contribution in [0.5, 0.6) is 0 Å². The molecule has 0 amide bonds. The Morgan fingerprint density at radius 3 is 2.26 bits per heavy atom. The van der Waals surface area contributed by atoms with Crippen LogP contribution >= 0.6 is 11.8 Å². The Labute approximate surface area is 206 Å². The Kier molecular flexibility index (Phi) is 6.86. The van der Waals surface area contributed by atoms with E-state index in [1.165, 1.54) is 32.2 Å². The number of rotatable bonds is 8. The minimum Gasteiger partial charge on any atom is -0.373 e. The summed E-state index contributed by atoms with van der Waals surface area (Å²) < 4.78 is 8.57. The maximum Gasteiger partial charge on any atom is 0.136 e. The van der Waals surface area contributed by atoms with Gasteiger partial charge in [-0.1, -0.05) is 78.5 Å². The fourth-order valence-electron chi connectivity index (χ4n) is 4.59. The van der Waals surface area contributed by atoms with Crippen LogP contribution in [0.15, 0.2) is 88.7 Å². The van der Waals surface area contributed by atoms with Crippen molar-refractivity contribution in [2.45, 2.75) is 35.8 Å². The molecule has 1 aromatic heterocycles. The van der Waals surface area contributed by atoms with Gasteiger partial charge in [0.15, 0.2) is 0 Å². The zero-order valence-corrected chi connectivity index (χ0v) is 20.9. The highest BCUT2D eigenvalue weighted by Crippen LogP contribution is 2.48. The van der Waals surface area contributed by atoms with Crippen molar-refractivity contribution in [1.29, 1.82) is 0 Å². The van der Waals surface area contributed by atoms with Crippen molar-refractivity contribution in [2.24, 2.45) is 0 Å². The van der Waals surface area contributed by atoms with Gasteiger partial charge in [-0.25, -0.2) is 4.98 Å². The summed E-state index contributed by atoms with van der Waals surface area (Å²) in [7, 11) is 4.19. The predicted octanol–water partition coefficient (Wildman–Crippen LogP) is 6.76. The van der Waals surface area contributed by atoms with Gasteiger partial charge >= 0.3 is 0 Å². The quantitative estimate of drug-likeness (QED) is 0.235. The number of hydrogen-bond donors (Lipinski definition) is 0. The molecule has 0 spiro atoms. The molecule has 34 heavy (non-hydrogen) atoms. The van der Waals surface area contributed by atoms with Gasteiger partial charge in [0.1, 0.15) is 12.4 Å². The van der Waals surface area contributed by atoms with Gasteiger partial charge in [-0.3, -0.25) is 0 Å². The first-order valence-electron chi connectivity index (χ1n) is 11.9. The van der Waals surface area contributed by atoms with E-state index >= 15 is 0 Å². The molecule has 0 fully saturated rings. The molecule has 3 aromatic carbocycles. The Bertz CT molecular complexity index is 1270. The van der Waals surface area contributed by atoms with E-state index in [0.29, 0.717) is 6.61 Å². The molecule has 0 saturated heterocycles. The summed E-state index contributed by atoms with van der Waals surface area (Å²) in [6.07, 6.45) is 1.00. The van der Waals surface area contributed by atoms with E-state index in [4.69, 9.17) is 9.72 Å². The molecule has 174 valence electrons. The molecule has 4 aromatic rings. The third-order valence-electron chi connectivity index (χ3n) is 6.28. The summed E-state index contributed by atoms with van der Waals surface area (Å²) in [6.45, 7) is 4.50. The molecule has 1 aliphatic rings. The van der Waals surface area contributed by atoms with Gasteiger partial charge in [-0.05, 0) is 51.7 Å². The molecule has 0 N–H and O–H groups in total. The largest absolute Gasteiger partial charge is 0.373 e. The summed E-state index contributed by atoms with van der Waals surface area (Å²) in [5.41, 5.74) is 5.90. The highest BCUT2D eigenvalue weighted by Gasteiger charge is 2.29. The summed E-state index contributed by atoms with van der Waals surface area (Å²) in [4.78, 5) is 9.93. The first kappa shape index (κ1) is 22.9. The lowest BCUT2D eigenvalue weighted by atomic mass is 10.0. The molecular weight excluding hydrogens is 438 g/mol. The number of imidazole rings is 1. The Balaban J connectivity index is 1.64. The smallest absolute Gasteiger partial charge is 0.136 e. The van der Waals surface area contributed by atoms with Gasteiger partial charge < -0.3 is 14.2 Å². The van der Waals surface area contributed by atoms with Crippen molar-refractivity contribution in [3.63, 3.8) is 0 Å².